The van der Waals surface area contributed by atoms with Gasteiger partial charge in [0.25, 0.3) is 10.0 Å². The standard InChI is InChI=1S/C15H21N3O5S/c1-9-15(10(2)18(3)16-9)24(19,20)17-11-7-12(21-4)14(23-6)13(8-11)22-5/h7-8,17H,1-6H3. The second kappa shape index (κ2) is 6.60. The third-order valence-corrected chi connectivity index (χ3v) is 5.26. The van der Waals surface area contributed by atoms with E-state index in [0.717, 1.165) is 0 Å². The van der Waals surface area contributed by atoms with Crippen LogP contribution in [0.3, 0.4) is 0 Å². The molecule has 1 heterocycles. The van der Waals surface area contributed by atoms with Crippen molar-refractivity contribution in [1.29, 1.82) is 0 Å². The predicted molar refractivity (Wildman–Crippen MR) is 89.6 cm³/mol. The molecule has 0 bridgehead atoms. The number of aryl methyl sites for hydroxylation is 2. The highest BCUT2D eigenvalue weighted by Crippen LogP contribution is 2.40. The predicted octanol–water partition coefficient (Wildman–Crippen LogP) is 1.86. The van der Waals surface area contributed by atoms with Crippen LogP contribution in [0.2, 0.25) is 0 Å². The Morgan fingerprint density at radius 2 is 1.58 bits per heavy atom. The Morgan fingerprint density at radius 1 is 1.04 bits per heavy atom. The summed E-state index contributed by atoms with van der Waals surface area (Å²) in [6.07, 6.45) is 0. The first-order valence-corrected chi connectivity index (χ1v) is 8.56. The van der Waals surface area contributed by atoms with Crippen LogP contribution in [0.25, 0.3) is 0 Å². The van der Waals surface area contributed by atoms with Crippen LogP contribution >= 0.6 is 0 Å². The number of hydrogen-bond acceptors (Lipinski definition) is 6. The lowest BCUT2D eigenvalue weighted by Crippen LogP contribution is -2.15. The number of benzene rings is 1. The van der Waals surface area contributed by atoms with Crippen LogP contribution in [0.4, 0.5) is 5.69 Å². The maximum Gasteiger partial charge on any atom is 0.265 e. The lowest BCUT2D eigenvalue weighted by molar-refractivity contribution is 0.325. The van der Waals surface area contributed by atoms with Crippen molar-refractivity contribution in [3.8, 4) is 17.2 Å². The van der Waals surface area contributed by atoms with Crippen molar-refractivity contribution in [3.63, 3.8) is 0 Å². The first kappa shape index (κ1) is 17.9. The van der Waals surface area contributed by atoms with E-state index in [9.17, 15) is 8.42 Å². The molecule has 8 nitrogen and oxygen atoms in total. The third-order valence-electron chi connectivity index (χ3n) is 3.63. The molecule has 0 amide bonds. The van der Waals surface area contributed by atoms with Crippen LogP contribution in [0.1, 0.15) is 11.4 Å². The zero-order chi connectivity index (χ0) is 18.1. The van der Waals surface area contributed by atoms with Crippen molar-refractivity contribution in [1.82, 2.24) is 9.78 Å². The number of ether oxygens (including phenoxy) is 3. The van der Waals surface area contributed by atoms with Crippen LogP contribution in [0.5, 0.6) is 17.2 Å². The Labute approximate surface area is 141 Å². The van der Waals surface area contributed by atoms with Gasteiger partial charge >= 0.3 is 0 Å². The molecular formula is C15H21N3O5S. The molecule has 132 valence electrons. The quantitative estimate of drug-likeness (QED) is 0.850. The van der Waals surface area contributed by atoms with Gasteiger partial charge in [0.15, 0.2) is 11.5 Å². The first-order valence-electron chi connectivity index (χ1n) is 7.08. The van der Waals surface area contributed by atoms with Crippen molar-refractivity contribution >= 4 is 15.7 Å². The van der Waals surface area contributed by atoms with E-state index in [1.54, 1.807) is 20.9 Å². The highest BCUT2D eigenvalue weighted by Gasteiger charge is 2.25. The Bertz CT molecular complexity index is 833. The smallest absolute Gasteiger partial charge is 0.265 e. The van der Waals surface area contributed by atoms with E-state index in [1.165, 1.54) is 38.1 Å². The lowest BCUT2D eigenvalue weighted by atomic mass is 10.2. The number of nitrogens with zero attached hydrogens (tertiary/aromatic N) is 2. The van der Waals surface area contributed by atoms with Crippen molar-refractivity contribution in [3.05, 3.63) is 23.5 Å². The molecule has 0 unspecified atom stereocenters. The summed E-state index contributed by atoms with van der Waals surface area (Å²) in [6.45, 7) is 3.35. The number of sulfonamides is 1. The Balaban J connectivity index is 2.50. The topological polar surface area (TPSA) is 91.7 Å². The Hall–Kier alpha value is -2.42. The van der Waals surface area contributed by atoms with Crippen LogP contribution in [0, 0.1) is 13.8 Å². The van der Waals surface area contributed by atoms with Crippen LogP contribution < -0.4 is 18.9 Å². The molecule has 0 saturated carbocycles. The van der Waals surface area contributed by atoms with Gasteiger partial charge in [-0.2, -0.15) is 5.10 Å². The van der Waals surface area contributed by atoms with E-state index < -0.39 is 10.0 Å². The summed E-state index contributed by atoms with van der Waals surface area (Å²) >= 11 is 0. The largest absolute Gasteiger partial charge is 0.493 e. The summed E-state index contributed by atoms with van der Waals surface area (Å²) in [6, 6.07) is 3.06. The SMILES string of the molecule is COc1cc(NS(=O)(=O)c2c(C)nn(C)c2C)cc(OC)c1OC. The zero-order valence-electron chi connectivity index (χ0n) is 14.5. The van der Waals surface area contributed by atoms with Gasteiger partial charge in [0.1, 0.15) is 4.90 Å². The normalized spacial score (nSPS) is 11.2. The maximum absolute atomic E-state index is 12.7. The van der Waals surface area contributed by atoms with E-state index in [0.29, 0.717) is 34.3 Å². The summed E-state index contributed by atoms with van der Waals surface area (Å²) in [5.74, 6) is 1.10. The second-order valence-electron chi connectivity index (χ2n) is 5.14. The fourth-order valence-corrected chi connectivity index (χ4v) is 3.97. The monoisotopic (exact) mass is 355 g/mol. The van der Waals surface area contributed by atoms with Crippen LogP contribution in [-0.2, 0) is 17.1 Å². The molecule has 2 aromatic rings. The molecule has 0 radical (unpaired) electrons. The van der Waals surface area contributed by atoms with E-state index in [1.807, 2.05) is 0 Å². The minimum absolute atomic E-state index is 0.152. The third kappa shape index (κ3) is 3.12. The first-order chi connectivity index (χ1) is 11.2. The fourth-order valence-electron chi connectivity index (χ4n) is 2.49. The molecule has 0 aliphatic heterocycles. The molecular weight excluding hydrogens is 334 g/mol. The average molecular weight is 355 g/mol. The summed E-state index contributed by atoms with van der Waals surface area (Å²) in [5, 5.41) is 4.14. The number of rotatable bonds is 6. The molecule has 0 aliphatic carbocycles. The minimum Gasteiger partial charge on any atom is -0.493 e. The summed E-state index contributed by atoms with van der Waals surface area (Å²) in [5.41, 5.74) is 1.27. The summed E-state index contributed by atoms with van der Waals surface area (Å²) < 4.78 is 45.2. The van der Waals surface area contributed by atoms with Gasteiger partial charge in [0, 0.05) is 19.2 Å². The van der Waals surface area contributed by atoms with E-state index in [4.69, 9.17) is 14.2 Å². The van der Waals surface area contributed by atoms with Gasteiger partial charge in [-0.1, -0.05) is 0 Å². The molecule has 24 heavy (non-hydrogen) atoms. The Morgan fingerprint density at radius 3 is 1.96 bits per heavy atom. The number of anilines is 1. The van der Waals surface area contributed by atoms with Gasteiger partial charge in [0.05, 0.1) is 38.4 Å². The lowest BCUT2D eigenvalue weighted by Gasteiger charge is -2.15. The van der Waals surface area contributed by atoms with Gasteiger partial charge in [-0.3, -0.25) is 9.40 Å². The van der Waals surface area contributed by atoms with Crippen molar-refractivity contribution in [2.75, 3.05) is 26.1 Å². The van der Waals surface area contributed by atoms with E-state index >= 15 is 0 Å². The van der Waals surface area contributed by atoms with E-state index in [2.05, 4.69) is 9.82 Å². The van der Waals surface area contributed by atoms with Crippen LogP contribution in [-0.4, -0.2) is 39.5 Å². The average Bonchev–Trinajstić information content (AvgIpc) is 2.78. The molecule has 0 atom stereocenters. The summed E-state index contributed by atoms with van der Waals surface area (Å²) in [4.78, 5) is 0.152. The van der Waals surface area contributed by atoms with Gasteiger partial charge in [0.2, 0.25) is 5.75 Å². The number of methoxy groups -OCH3 is 3. The Kier molecular flexibility index (Phi) is 4.93. The molecule has 1 N–H and O–H groups in total. The number of hydrogen-bond donors (Lipinski definition) is 1. The number of nitrogens with one attached hydrogen (secondary N) is 1. The molecule has 0 aliphatic rings. The van der Waals surface area contributed by atoms with Crippen molar-refractivity contribution in [2.45, 2.75) is 18.7 Å². The molecule has 1 aromatic carbocycles. The highest BCUT2D eigenvalue weighted by atomic mass is 32.2. The van der Waals surface area contributed by atoms with Crippen molar-refractivity contribution in [2.24, 2.45) is 7.05 Å². The van der Waals surface area contributed by atoms with Gasteiger partial charge in [-0.15, -0.1) is 0 Å². The minimum atomic E-state index is -3.81. The van der Waals surface area contributed by atoms with Gasteiger partial charge in [-0.05, 0) is 13.8 Å². The van der Waals surface area contributed by atoms with Crippen molar-refractivity contribution < 1.29 is 22.6 Å². The molecule has 9 heteroatoms. The van der Waals surface area contributed by atoms with Gasteiger partial charge in [-0.25, -0.2) is 8.42 Å². The summed E-state index contributed by atoms with van der Waals surface area (Å²) in [7, 11) is 2.29. The maximum atomic E-state index is 12.7. The molecule has 0 fully saturated rings. The highest BCUT2D eigenvalue weighted by molar-refractivity contribution is 7.92. The molecule has 2 rings (SSSR count). The number of aromatic nitrogens is 2. The molecule has 0 spiro atoms. The van der Waals surface area contributed by atoms with Crippen LogP contribution in [0.15, 0.2) is 17.0 Å². The molecule has 1 aromatic heterocycles. The fraction of sp³-hybridized carbons (Fsp3) is 0.400. The van der Waals surface area contributed by atoms with Gasteiger partial charge < -0.3 is 14.2 Å². The zero-order valence-corrected chi connectivity index (χ0v) is 15.3. The second-order valence-corrected chi connectivity index (χ2v) is 6.76. The van der Waals surface area contributed by atoms with E-state index in [-0.39, 0.29) is 4.90 Å². The molecule has 0 saturated heterocycles.